The minimum Gasteiger partial charge on any atom is -0.481 e. The van der Waals surface area contributed by atoms with E-state index in [-0.39, 0.29) is 18.9 Å². The molecular weight excluding hydrogens is 264 g/mol. The third-order valence-electron chi connectivity index (χ3n) is 3.69. The molecule has 1 rings (SSSR count). The summed E-state index contributed by atoms with van der Waals surface area (Å²) in [5.74, 6) is -2.29. The largest absolute Gasteiger partial charge is 0.481 e. The fourth-order valence-electron chi connectivity index (χ4n) is 2.41. The van der Waals surface area contributed by atoms with Crippen molar-refractivity contribution in [3.8, 4) is 0 Å². The van der Waals surface area contributed by atoms with Crippen LogP contribution < -0.4 is 5.32 Å². The minimum atomic E-state index is -1.21. The quantitative estimate of drug-likeness (QED) is 0.681. The van der Waals surface area contributed by atoms with Crippen molar-refractivity contribution in [2.24, 2.45) is 0 Å². The number of nitrogens with zero attached hydrogens (tertiary/aromatic N) is 1. The Labute approximate surface area is 117 Å². The molecule has 3 N–H and O–H groups in total. The maximum absolute atomic E-state index is 12.0. The predicted octanol–water partition coefficient (Wildman–Crippen LogP) is 1.28. The highest BCUT2D eigenvalue weighted by atomic mass is 16.4. The molecule has 0 saturated heterocycles. The summed E-state index contributed by atoms with van der Waals surface area (Å²) in [4.78, 5) is 35.0. The summed E-state index contributed by atoms with van der Waals surface area (Å²) in [6.07, 6.45) is 4.77. The molecule has 0 aromatic heterocycles. The lowest BCUT2D eigenvalue weighted by atomic mass is 9.95. The van der Waals surface area contributed by atoms with Crippen LogP contribution in [-0.2, 0) is 9.59 Å². The van der Waals surface area contributed by atoms with E-state index in [4.69, 9.17) is 10.2 Å². The molecule has 1 unspecified atom stereocenters. The van der Waals surface area contributed by atoms with Crippen LogP contribution in [0.25, 0.3) is 0 Å². The minimum absolute atomic E-state index is 0.116. The summed E-state index contributed by atoms with van der Waals surface area (Å²) < 4.78 is 0. The molecule has 20 heavy (non-hydrogen) atoms. The molecular formula is C13H22N2O5. The van der Waals surface area contributed by atoms with Crippen LogP contribution >= 0.6 is 0 Å². The highest BCUT2D eigenvalue weighted by molar-refractivity contribution is 5.83. The van der Waals surface area contributed by atoms with E-state index in [0.29, 0.717) is 0 Å². The predicted molar refractivity (Wildman–Crippen MR) is 71.5 cm³/mol. The highest BCUT2D eigenvalue weighted by Crippen LogP contribution is 2.21. The van der Waals surface area contributed by atoms with Crippen molar-refractivity contribution in [1.82, 2.24) is 10.2 Å². The number of hydrogen-bond donors (Lipinski definition) is 3. The fraction of sp³-hybridized carbons (Fsp3) is 0.769. The van der Waals surface area contributed by atoms with E-state index in [9.17, 15) is 14.4 Å². The number of aliphatic carboxylic acids is 2. The van der Waals surface area contributed by atoms with Gasteiger partial charge in [-0.15, -0.1) is 0 Å². The molecule has 0 aromatic carbocycles. The van der Waals surface area contributed by atoms with Gasteiger partial charge in [0.2, 0.25) is 0 Å². The van der Waals surface area contributed by atoms with E-state index >= 15 is 0 Å². The van der Waals surface area contributed by atoms with Crippen LogP contribution in [0.1, 0.15) is 44.9 Å². The Kier molecular flexibility index (Phi) is 6.27. The molecule has 1 fully saturated rings. The van der Waals surface area contributed by atoms with Crippen LogP contribution in [0, 0.1) is 0 Å². The molecule has 1 aliphatic carbocycles. The Morgan fingerprint density at radius 1 is 1.20 bits per heavy atom. The summed E-state index contributed by atoms with van der Waals surface area (Å²) >= 11 is 0. The first-order valence-electron chi connectivity index (χ1n) is 6.89. The smallest absolute Gasteiger partial charge is 0.326 e. The van der Waals surface area contributed by atoms with Gasteiger partial charge in [-0.2, -0.15) is 0 Å². The number of carbonyl (C=O) groups is 3. The second-order valence-corrected chi connectivity index (χ2v) is 5.18. The van der Waals surface area contributed by atoms with Gasteiger partial charge < -0.3 is 20.4 Å². The van der Waals surface area contributed by atoms with Crippen LogP contribution in [0.15, 0.2) is 0 Å². The average Bonchev–Trinajstić information content (AvgIpc) is 2.42. The number of nitrogens with one attached hydrogen (secondary N) is 1. The van der Waals surface area contributed by atoms with E-state index in [0.717, 1.165) is 25.7 Å². The van der Waals surface area contributed by atoms with E-state index in [2.05, 4.69) is 5.32 Å². The molecule has 0 bridgehead atoms. The van der Waals surface area contributed by atoms with Crippen molar-refractivity contribution in [2.75, 3.05) is 7.05 Å². The molecule has 1 saturated carbocycles. The molecule has 0 aromatic rings. The second kappa shape index (κ2) is 7.72. The molecule has 0 heterocycles. The lowest BCUT2D eigenvalue weighted by molar-refractivity contribution is -0.140. The van der Waals surface area contributed by atoms with Crippen LogP contribution in [0.4, 0.5) is 4.79 Å². The Balaban J connectivity index is 2.51. The van der Waals surface area contributed by atoms with Gasteiger partial charge in [-0.1, -0.05) is 19.3 Å². The lowest BCUT2D eigenvalue weighted by Gasteiger charge is -2.32. The van der Waals surface area contributed by atoms with Crippen LogP contribution in [-0.4, -0.2) is 52.2 Å². The van der Waals surface area contributed by atoms with Crippen molar-refractivity contribution < 1.29 is 24.6 Å². The summed E-state index contributed by atoms with van der Waals surface area (Å²) in [5.41, 5.74) is 0. The van der Waals surface area contributed by atoms with Crippen LogP contribution in [0.2, 0.25) is 0 Å². The number of urea groups is 1. The van der Waals surface area contributed by atoms with Gasteiger partial charge in [-0.05, 0) is 19.3 Å². The van der Waals surface area contributed by atoms with E-state index in [1.54, 1.807) is 7.05 Å². The normalized spacial score (nSPS) is 17.2. The summed E-state index contributed by atoms with van der Waals surface area (Å²) in [6.45, 7) is 0. The van der Waals surface area contributed by atoms with Gasteiger partial charge in [-0.25, -0.2) is 9.59 Å². The van der Waals surface area contributed by atoms with E-state index in [1.165, 1.54) is 11.3 Å². The Bertz CT molecular complexity index is 366. The van der Waals surface area contributed by atoms with Gasteiger partial charge >= 0.3 is 18.0 Å². The summed E-state index contributed by atoms with van der Waals surface area (Å²) in [7, 11) is 1.65. The average molecular weight is 286 g/mol. The van der Waals surface area contributed by atoms with E-state index in [1.807, 2.05) is 0 Å². The zero-order valence-corrected chi connectivity index (χ0v) is 11.7. The molecule has 0 spiro atoms. The van der Waals surface area contributed by atoms with Gasteiger partial charge in [0.1, 0.15) is 6.04 Å². The molecule has 114 valence electrons. The van der Waals surface area contributed by atoms with Crippen molar-refractivity contribution in [3.63, 3.8) is 0 Å². The monoisotopic (exact) mass is 286 g/mol. The zero-order valence-electron chi connectivity index (χ0n) is 11.7. The molecule has 7 nitrogen and oxygen atoms in total. The number of rotatable bonds is 6. The Morgan fingerprint density at radius 3 is 2.30 bits per heavy atom. The number of hydrogen-bond acceptors (Lipinski definition) is 3. The fourth-order valence-corrected chi connectivity index (χ4v) is 2.41. The van der Waals surface area contributed by atoms with Gasteiger partial charge in [0.05, 0.1) is 0 Å². The lowest BCUT2D eigenvalue weighted by Crippen LogP contribution is -2.50. The molecule has 1 aliphatic rings. The molecule has 2 amide bonds. The highest BCUT2D eigenvalue weighted by Gasteiger charge is 2.26. The van der Waals surface area contributed by atoms with Crippen molar-refractivity contribution in [2.45, 2.75) is 57.0 Å². The SMILES string of the molecule is CN(C(=O)NC(CCC(=O)O)C(=O)O)C1CCCCC1. The van der Waals surface area contributed by atoms with Crippen molar-refractivity contribution >= 4 is 18.0 Å². The molecule has 1 atom stereocenters. The number of carboxylic acids is 2. The molecule has 0 radical (unpaired) electrons. The Hall–Kier alpha value is -1.79. The number of amides is 2. The van der Waals surface area contributed by atoms with Gasteiger partial charge in [0.25, 0.3) is 0 Å². The first kappa shape index (κ1) is 16.3. The maximum atomic E-state index is 12.0. The maximum Gasteiger partial charge on any atom is 0.326 e. The zero-order chi connectivity index (χ0) is 15.1. The number of carboxylic acid groups (broad SMARTS) is 2. The molecule has 0 aliphatic heterocycles. The standard InChI is InChI=1S/C13H22N2O5/c1-15(9-5-3-2-4-6-9)13(20)14-10(12(18)19)7-8-11(16)17/h9-10H,2-8H2,1H3,(H,14,20)(H,16,17)(H,18,19). The third-order valence-corrected chi connectivity index (χ3v) is 3.69. The van der Waals surface area contributed by atoms with Crippen LogP contribution in [0.3, 0.4) is 0 Å². The molecule has 7 heteroatoms. The van der Waals surface area contributed by atoms with Crippen LogP contribution in [0.5, 0.6) is 0 Å². The first-order chi connectivity index (χ1) is 9.41. The van der Waals surface area contributed by atoms with Gasteiger partial charge in [0, 0.05) is 19.5 Å². The third kappa shape index (κ3) is 5.07. The topological polar surface area (TPSA) is 107 Å². The first-order valence-corrected chi connectivity index (χ1v) is 6.89. The summed E-state index contributed by atoms with van der Waals surface area (Å²) in [5, 5.41) is 20.0. The van der Waals surface area contributed by atoms with Gasteiger partial charge in [0.15, 0.2) is 0 Å². The second-order valence-electron chi connectivity index (χ2n) is 5.18. The van der Waals surface area contributed by atoms with Gasteiger partial charge in [-0.3, -0.25) is 4.79 Å². The van der Waals surface area contributed by atoms with Crippen molar-refractivity contribution in [1.29, 1.82) is 0 Å². The Morgan fingerprint density at radius 2 is 1.80 bits per heavy atom. The van der Waals surface area contributed by atoms with Crippen molar-refractivity contribution in [3.05, 3.63) is 0 Å². The van der Waals surface area contributed by atoms with E-state index < -0.39 is 24.0 Å². The summed E-state index contributed by atoms with van der Waals surface area (Å²) in [6, 6.07) is -1.48. The number of carbonyl (C=O) groups excluding carboxylic acids is 1.